The summed E-state index contributed by atoms with van der Waals surface area (Å²) in [5, 5.41) is 10.5. The summed E-state index contributed by atoms with van der Waals surface area (Å²) in [6.45, 7) is 9.75. The van der Waals surface area contributed by atoms with Crippen molar-refractivity contribution in [1.82, 2.24) is 9.80 Å². The molecule has 1 unspecified atom stereocenters. The first-order chi connectivity index (χ1) is 13.2. The lowest BCUT2D eigenvalue weighted by molar-refractivity contribution is -0.155. The molecule has 0 radical (unpaired) electrons. The molecule has 2 aliphatic heterocycles. The third-order valence-corrected chi connectivity index (χ3v) is 8.10. The Morgan fingerprint density at radius 2 is 1.86 bits per heavy atom. The molecule has 2 bridgehead atoms. The van der Waals surface area contributed by atoms with Gasteiger partial charge < -0.3 is 14.9 Å². The van der Waals surface area contributed by atoms with Gasteiger partial charge in [-0.1, -0.05) is 32.9 Å². The number of benzene rings is 1. The minimum Gasteiger partial charge on any atom is -0.508 e. The van der Waals surface area contributed by atoms with E-state index in [0.29, 0.717) is 25.3 Å². The molecule has 5 heteroatoms. The summed E-state index contributed by atoms with van der Waals surface area (Å²) in [6.07, 6.45) is 4.25. The molecule has 2 amide bonds. The number of amides is 2. The van der Waals surface area contributed by atoms with Crippen molar-refractivity contribution < 1.29 is 14.7 Å². The highest BCUT2D eigenvalue weighted by molar-refractivity contribution is 5.87. The van der Waals surface area contributed by atoms with Crippen LogP contribution in [0.3, 0.4) is 0 Å². The van der Waals surface area contributed by atoms with Crippen molar-refractivity contribution in [3.8, 4) is 5.75 Å². The number of likely N-dealkylation sites (tertiary alicyclic amines) is 2. The van der Waals surface area contributed by atoms with Crippen molar-refractivity contribution >= 4 is 11.8 Å². The summed E-state index contributed by atoms with van der Waals surface area (Å²) in [7, 11) is 0. The Hall–Kier alpha value is -2.04. The largest absolute Gasteiger partial charge is 0.508 e. The maximum absolute atomic E-state index is 13.6. The molecule has 2 fully saturated rings. The maximum Gasteiger partial charge on any atom is 0.245 e. The summed E-state index contributed by atoms with van der Waals surface area (Å²) >= 11 is 0. The highest BCUT2D eigenvalue weighted by atomic mass is 16.3. The lowest BCUT2D eigenvalue weighted by Crippen LogP contribution is -2.67. The standard InChI is InChI=1S/C23H32N2O3/c1-15(26)24-12-6-5-9-18(24)21(28)25-13-11-23(4)17-8-7-10-19(27)16(17)14-20(25)22(23,2)3/h7-8,10,18,20,27H,5-6,9,11-14H2,1-4H3/t18?,20-,23+/m1/s1. The Bertz CT molecular complexity index is 818. The minimum atomic E-state index is -0.336. The van der Waals surface area contributed by atoms with Gasteiger partial charge in [0, 0.05) is 31.5 Å². The van der Waals surface area contributed by atoms with Gasteiger partial charge in [0.05, 0.1) is 0 Å². The first-order valence-corrected chi connectivity index (χ1v) is 10.6. The zero-order chi connectivity index (χ0) is 20.3. The summed E-state index contributed by atoms with van der Waals surface area (Å²) < 4.78 is 0. The molecule has 2 heterocycles. The molecule has 1 N–H and O–H groups in total. The fourth-order valence-corrected chi connectivity index (χ4v) is 5.95. The molecule has 2 saturated heterocycles. The van der Waals surface area contributed by atoms with Gasteiger partial charge in [-0.2, -0.15) is 0 Å². The highest BCUT2D eigenvalue weighted by Crippen LogP contribution is 2.57. The molecule has 1 aromatic rings. The number of phenolic OH excluding ortho intramolecular Hbond substituents is 1. The van der Waals surface area contributed by atoms with E-state index in [0.717, 1.165) is 31.2 Å². The third kappa shape index (κ3) is 2.58. The van der Waals surface area contributed by atoms with Gasteiger partial charge >= 0.3 is 0 Å². The van der Waals surface area contributed by atoms with Crippen LogP contribution < -0.4 is 0 Å². The van der Waals surface area contributed by atoms with Gasteiger partial charge in [-0.3, -0.25) is 9.59 Å². The molecule has 3 atom stereocenters. The number of hydrogen-bond donors (Lipinski definition) is 1. The predicted octanol–water partition coefficient (Wildman–Crippen LogP) is 3.23. The molecular formula is C23H32N2O3. The molecule has 152 valence electrons. The normalized spacial score (nSPS) is 31.3. The van der Waals surface area contributed by atoms with Crippen molar-refractivity contribution in [3.05, 3.63) is 29.3 Å². The molecule has 0 spiro atoms. The summed E-state index contributed by atoms with van der Waals surface area (Å²) in [6, 6.07) is 5.51. The van der Waals surface area contributed by atoms with Gasteiger partial charge in [-0.25, -0.2) is 0 Å². The van der Waals surface area contributed by atoms with E-state index < -0.39 is 0 Å². The van der Waals surface area contributed by atoms with Gasteiger partial charge in [0.1, 0.15) is 11.8 Å². The van der Waals surface area contributed by atoms with Crippen LogP contribution >= 0.6 is 0 Å². The van der Waals surface area contributed by atoms with Gasteiger partial charge in [0.2, 0.25) is 11.8 Å². The summed E-state index contributed by atoms with van der Waals surface area (Å²) in [4.78, 5) is 29.5. The quantitative estimate of drug-likeness (QED) is 0.809. The van der Waals surface area contributed by atoms with Crippen molar-refractivity contribution in [2.75, 3.05) is 13.1 Å². The second kappa shape index (κ2) is 6.50. The number of rotatable bonds is 1. The van der Waals surface area contributed by atoms with Crippen LogP contribution in [0.2, 0.25) is 0 Å². The zero-order valence-corrected chi connectivity index (χ0v) is 17.5. The van der Waals surface area contributed by atoms with Crippen LogP contribution in [0.15, 0.2) is 18.2 Å². The molecule has 0 aromatic heterocycles. The van der Waals surface area contributed by atoms with E-state index in [2.05, 4.69) is 26.8 Å². The van der Waals surface area contributed by atoms with E-state index in [9.17, 15) is 14.7 Å². The fraction of sp³-hybridized carbons (Fsp3) is 0.652. The van der Waals surface area contributed by atoms with Gasteiger partial charge in [0.15, 0.2) is 0 Å². The Balaban J connectivity index is 1.72. The van der Waals surface area contributed by atoms with Crippen LogP contribution in [0.25, 0.3) is 0 Å². The van der Waals surface area contributed by atoms with E-state index in [1.165, 1.54) is 5.56 Å². The number of hydrogen-bond acceptors (Lipinski definition) is 3. The zero-order valence-electron chi connectivity index (χ0n) is 17.5. The van der Waals surface area contributed by atoms with Crippen molar-refractivity contribution in [2.45, 2.75) is 77.3 Å². The Morgan fingerprint density at radius 3 is 2.57 bits per heavy atom. The molecule has 3 aliphatic rings. The summed E-state index contributed by atoms with van der Waals surface area (Å²) in [5.74, 6) is 0.418. The number of fused-ring (bicyclic) bond motifs is 4. The van der Waals surface area contributed by atoms with E-state index in [4.69, 9.17) is 0 Å². The third-order valence-electron chi connectivity index (χ3n) is 8.10. The van der Waals surface area contributed by atoms with Crippen LogP contribution in [-0.2, 0) is 21.4 Å². The molecule has 1 aromatic carbocycles. The molecule has 0 saturated carbocycles. The highest BCUT2D eigenvalue weighted by Gasteiger charge is 2.57. The Kier molecular flexibility index (Phi) is 4.48. The average Bonchev–Trinajstić information content (AvgIpc) is 2.65. The second-order valence-electron chi connectivity index (χ2n) is 9.58. The SMILES string of the molecule is CC(=O)N1CCCCC1C(=O)N1CC[C@@]2(C)c3cccc(O)c3C[C@@H]1C2(C)C. The fourth-order valence-electron chi connectivity index (χ4n) is 5.95. The Labute approximate surface area is 167 Å². The molecule has 5 nitrogen and oxygen atoms in total. The smallest absolute Gasteiger partial charge is 0.245 e. The number of nitrogens with zero attached hydrogens (tertiary/aromatic N) is 2. The van der Waals surface area contributed by atoms with E-state index in [1.807, 2.05) is 11.0 Å². The number of carbonyl (C=O) groups is 2. The van der Waals surface area contributed by atoms with E-state index in [-0.39, 0.29) is 34.7 Å². The monoisotopic (exact) mass is 384 g/mol. The molecular weight excluding hydrogens is 352 g/mol. The Morgan fingerprint density at radius 1 is 1.11 bits per heavy atom. The van der Waals surface area contributed by atoms with Gasteiger partial charge in [-0.05, 0) is 54.7 Å². The van der Waals surface area contributed by atoms with Crippen molar-refractivity contribution in [2.24, 2.45) is 5.41 Å². The van der Waals surface area contributed by atoms with Gasteiger partial charge in [-0.15, -0.1) is 0 Å². The predicted molar refractivity (Wildman–Crippen MR) is 108 cm³/mol. The van der Waals surface area contributed by atoms with Crippen molar-refractivity contribution in [1.29, 1.82) is 0 Å². The van der Waals surface area contributed by atoms with Crippen LogP contribution in [0, 0.1) is 5.41 Å². The van der Waals surface area contributed by atoms with Crippen LogP contribution in [0.4, 0.5) is 0 Å². The van der Waals surface area contributed by atoms with Gasteiger partial charge in [0.25, 0.3) is 0 Å². The minimum absolute atomic E-state index is 0.00853. The first kappa shape index (κ1) is 19.3. The lowest BCUT2D eigenvalue weighted by atomic mass is 9.51. The molecule has 4 rings (SSSR count). The first-order valence-electron chi connectivity index (χ1n) is 10.6. The maximum atomic E-state index is 13.6. The number of aromatic hydroxyl groups is 1. The number of phenols is 1. The molecule has 28 heavy (non-hydrogen) atoms. The average molecular weight is 385 g/mol. The van der Waals surface area contributed by atoms with Crippen molar-refractivity contribution in [3.63, 3.8) is 0 Å². The van der Waals surface area contributed by atoms with E-state index in [1.54, 1.807) is 17.9 Å². The number of piperidine rings is 2. The van der Waals surface area contributed by atoms with Crippen LogP contribution in [-0.4, -0.2) is 51.9 Å². The second-order valence-corrected chi connectivity index (χ2v) is 9.58. The lowest BCUT2D eigenvalue weighted by Gasteiger charge is -2.61. The van der Waals surface area contributed by atoms with Crippen LogP contribution in [0.1, 0.15) is 64.5 Å². The van der Waals surface area contributed by atoms with Crippen LogP contribution in [0.5, 0.6) is 5.75 Å². The number of carbonyl (C=O) groups excluding carboxylic acids is 2. The molecule has 1 aliphatic carbocycles. The summed E-state index contributed by atoms with van der Waals surface area (Å²) in [5.41, 5.74) is 2.01. The topological polar surface area (TPSA) is 60.9 Å². The van der Waals surface area contributed by atoms with E-state index >= 15 is 0 Å².